The molecule has 0 amide bonds. The van der Waals surface area contributed by atoms with Crippen LogP contribution >= 0.6 is 0 Å². The molecule has 0 aliphatic heterocycles. The lowest BCUT2D eigenvalue weighted by molar-refractivity contribution is 0.164. The minimum atomic E-state index is -0.284. The van der Waals surface area contributed by atoms with E-state index >= 15 is 0 Å². The van der Waals surface area contributed by atoms with Gasteiger partial charge in [-0.2, -0.15) is 0 Å². The van der Waals surface area contributed by atoms with Gasteiger partial charge in [0, 0.05) is 0 Å². The highest BCUT2D eigenvalue weighted by Gasteiger charge is 2.06. The average molecular weight is 220 g/mol. The molecule has 0 radical (unpaired) electrons. The van der Waals surface area contributed by atoms with Crippen LogP contribution in [0.2, 0.25) is 0 Å². The van der Waals surface area contributed by atoms with Crippen molar-refractivity contribution in [2.45, 2.75) is 52.6 Å². The van der Waals surface area contributed by atoms with Crippen LogP contribution in [0.25, 0.3) is 0 Å². The highest BCUT2D eigenvalue weighted by atomic mass is 16.3. The van der Waals surface area contributed by atoms with E-state index in [1.54, 1.807) is 0 Å². The normalized spacial score (nSPS) is 13.1. The molecular formula is C15H24O. The zero-order valence-corrected chi connectivity index (χ0v) is 10.7. The van der Waals surface area contributed by atoms with Crippen LogP contribution in [0.4, 0.5) is 0 Å². The molecule has 0 heterocycles. The lowest BCUT2D eigenvalue weighted by Gasteiger charge is -2.11. The first-order valence-electron chi connectivity index (χ1n) is 6.40. The largest absolute Gasteiger partial charge is 0.388 e. The second-order valence-corrected chi connectivity index (χ2v) is 5.00. The van der Waals surface area contributed by atoms with Gasteiger partial charge in [0.05, 0.1) is 6.10 Å². The summed E-state index contributed by atoms with van der Waals surface area (Å²) in [7, 11) is 0. The average Bonchev–Trinajstić information content (AvgIpc) is 2.26. The quantitative estimate of drug-likeness (QED) is 0.765. The fourth-order valence-electron chi connectivity index (χ4n) is 1.91. The summed E-state index contributed by atoms with van der Waals surface area (Å²) in [6.07, 6.45) is 3.94. The molecular weight excluding hydrogens is 196 g/mol. The van der Waals surface area contributed by atoms with Crippen molar-refractivity contribution in [3.05, 3.63) is 35.4 Å². The molecule has 0 bridgehead atoms. The minimum Gasteiger partial charge on any atom is -0.388 e. The Balaban J connectivity index is 2.56. The van der Waals surface area contributed by atoms with Gasteiger partial charge in [0.25, 0.3) is 0 Å². The Morgan fingerprint density at radius 1 is 1.12 bits per heavy atom. The standard InChI is InChI=1S/C15H24O/c1-4-5-6-15(16)14-9-7-13(8-10-14)11-12(2)3/h7-10,12,15-16H,4-6,11H2,1-3H3/t15-/m0/s1. The number of benzene rings is 1. The van der Waals surface area contributed by atoms with Crippen LogP contribution in [0, 0.1) is 5.92 Å². The monoisotopic (exact) mass is 220 g/mol. The fourth-order valence-corrected chi connectivity index (χ4v) is 1.91. The highest BCUT2D eigenvalue weighted by Crippen LogP contribution is 2.20. The second-order valence-electron chi connectivity index (χ2n) is 5.00. The van der Waals surface area contributed by atoms with Gasteiger partial charge in [-0.15, -0.1) is 0 Å². The van der Waals surface area contributed by atoms with E-state index in [0.717, 1.165) is 31.2 Å². The molecule has 90 valence electrons. The third-order valence-corrected chi connectivity index (χ3v) is 2.84. The van der Waals surface area contributed by atoms with E-state index in [4.69, 9.17) is 0 Å². The predicted octanol–water partition coefficient (Wildman–Crippen LogP) is 4.11. The Morgan fingerprint density at radius 2 is 1.75 bits per heavy atom. The second kappa shape index (κ2) is 6.70. The smallest absolute Gasteiger partial charge is 0.0790 e. The first kappa shape index (κ1) is 13.2. The van der Waals surface area contributed by atoms with E-state index in [1.807, 2.05) is 0 Å². The van der Waals surface area contributed by atoms with Gasteiger partial charge in [-0.25, -0.2) is 0 Å². The van der Waals surface area contributed by atoms with Crippen molar-refractivity contribution < 1.29 is 5.11 Å². The molecule has 0 aliphatic carbocycles. The Hall–Kier alpha value is -0.820. The zero-order valence-electron chi connectivity index (χ0n) is 10.7. The molecule has 16 heavy (non-hydrogen) atoms. The number of unbranched alkanes of at least 4 members (excludes halogenated alkanes) is 1. The molecule has 1 aromatic carbocycles. The van der Waals surface area contributed by atoms with E-state index in [1.165, 1.54) is 5.56 Å². The number of aliphatic hydroxyl groups excluding tert-OH is 1. The Morgan fingerprint density at radius 3 is 2.25 bits per heavy atom. The van der Waals surface area contributed by atoms with Gasteiger partial charge >= 0.3 is 0 Å². The molecule has 0 spiro atoms. The van der Waals surface area contributed by atoms with E-state index in [9.17, 15) is 5.11 Å². The summed E-state index contributed by atoms with van der Waals surface area (Å²) in [5.74, 6) is 0.691. The summed E-state index contributed by atoms with van der Waals surface area (Å²) < 4.78 is 0. The molecule has 1 rings (SSSR count). The van der Waals surface area contributed by atoms with Crippen molar-refractivity contribution in [1.29, 1.82) is 0 Å². The van der Waals surface area contributed by atoms with Crippen molar-refractivity contribution in [2.24, 2.45) is 5.92 Å². The molecule has 0 saturated carbocycles. The lowest BCUT2D eigenvalue weighted by atomic mass is 9.98. The fraction of sp³-hybridized carbons (Fsp3) is 0.600. The van der Waals surface area contributed by atoms with Crippen molar-refractivity contribution >= 4 is 0 Å². The van der Waals surface area contributed by atoms with Crippen LogP contribution < -0.4 is 0 Å². The number of hydrogen-bond acceptors (Lipinski definition) is 1. The molecule has 1 nitrogen and oxygen atoms in total. The maximum absolute atomic E-state index is 9.92. The molecule has 1 heteroatoms. The van der Waals surface area contributed by atoms with Crippen LogP contribution in [-0.2, 0) is 6.42 Å². The zero-order chi connectivity index (χ0) is 12.0. The molecule has 0 fully saturated rings. The molecule has 1 N–H and O–H groups in total. The highest BCUT2D eigenvalue weighted by molar-refractivity contribution is 5.24. The van der Waals surface area contributed by atoms with E-state index in [2.05, 4.69) is 45.0 Å². The SMILES string of the molecule is CCCC[C@H](O)c1ccc(CC(C)C)cc1. The maximum atomic E-state index is 9.92. The first-order chi connectivity index (χ1) is 7.63. The third-order valence-electron chi connectivity index (χ3n) is 2.84. The first-order valence-corrected chi connectivity index (χ1v) is 6.40. The Labute approximate surface area is 99.5 Å². The van der Waals surface area contributed by atoms with Crippen molar-refractivity contribution in [3.8, 4) is 0 Å². The van der Waals surface area contributed by atoms with Crippen molar-refractivity contribution in [3.63, 3.8) is 0 Å². The summed E-state index contributed by atoms with van der Waals surface area (Å²) in [5, 5.41) is 9.92. The van der Waals surface area contributed by atoms with Crippen molar-refractivity contribution in [2.75, 3.05) is 0 Å². The van der Waals surface area contributed by atoms with Crippen molar-refractivity contribution in [1.82, 2.24) is 0 Å². The van der Waals surface area contributed by atoms with Gasteiger partial charge in [-0.3, -0.25) is 0 Å². The van der Waals surface area contributed by atoms with Crippen LogP contribution in [-0.4, -0.2) is 5.11 Å². The third kappa shape index (κ3) is 4.36. The minimum absolute atomic E-state index is 0.284. The van der Waals surface area contributed by atoms with Crippen LogP contribution in [0.1, 0.15) is 57.3 Å². The van der Waals surface area contributed by atoms with Crippen LogP contribution in [0.3, 0.4) is 0 Å². The molecule has 0 aliphatic rings. The van der Waals surface area contributed by atoms with Gasteiger partial charge < -0.3 is 5.11 Å². The van der Waals surface area contributed by atoms with Gasteiger partial charge in [0.2, 0.25) is 0 Å². The molecule has 1 atom stereocenters. The Bertz CT molecular complexity index is 287. The van der Waals surface area contributed by atoms with Crippen LogP contribution in [0.5, 0.6) is 0 Å². The molecule has 0 unspecified atom stereocenters. The summed E-state index contributed by atoms with van der Waals surface area (Å²) in [5.41, 5.74) is 2.42. The van der Waals surface area contributed by atoms with Gasteiger partial charge in [-0.1, -0.05) is 57.9 Å². The van der Waals surface area contributed by atoms with E-state index in [-0.39, 0.29) is 6.10 Å². The van der Waals surface area contributed by atoms with E-state index in [0.29, 0.717) is 5.92 Å². The summed E-state index contributed by atoms with van der Waals surface area (Å²) in [4.78, 5) is 0. The maximum Gasteiger partial charge on any atom is 0.0790 e. The van der Waals surface area contributed by atoms with Gasteiger partial charge in [0.15, 0.2) is 0 Å². The predicted molar refractivity (Wildman–Crippen MR) is 69.5 cm³/mol. The topological polar surface area (TPSA) is 20.2 Å². The van der Waals surface area contributed by atoms with Gasteiger partial charge in [0.1, 0.15) is 0 Å². The van der Waals surface area contributed by atoms with E-state index < -0.39 is 0 Å². The molecule has 0 saturated heterocycles. The number of rotatable bonds is 6. The summed E-state index contributed by atoms with van der Waals surface area (Å²) in [6.45, 7) is 6.60. The van der Waals surface area contributed by atoms with Crippen LogP contribution in [0.15, 0.2) is 24.3 Å². The van der Waals surface area contributed by atoms with Gasteiger partial charge in [-0.05, 0) is 29.9 Å². The molecule has 0 aromatic heterocycles. The summed E-state index contributed by atoms with van der Waals surface area (Å²) in [6, 6.07) is 8.42. The lowest BCUT2D eigenvalue weighted by Crippen LogP contribution is -1.99. The Kier molecular flexibility index (Phi) is 5.54. The summed E-state index contributed by atoms with van der Waals surface area (Å²) >= 11 is 0. The number of hydrogen-bond donors (Lipinski definition) is 1. The number of aliphatic hydroxyl groups is 1. The molecule has 1 aromatic rings.